The lowest BCUT2D eigenvalue weighted by atomic mass is 10.1. The van der Waals surface area contributed by atoms with Gasteiger partial charge >= 0.3 is 0 Å². The lowest BCUT2D eigenvalue weighted by Gasteiger charge is -2.22. The van der Waals surface area contributed by atoms with Crippen LogP contribution in [0.1, 0.15) is 45.2 Å². The van der Waals surface area contributed by atoms with Crippen LogP contribution in [0.3, 0.4) is 0 Å². The molecule has 1 aromatic carbocycles. The molecule has 8 heteroatoms. The van der Waals surface area contributed by atoms with Gasteiger partial charge in [0.25, 0.3) is 0 Å². The van der Waals surface area contributed by atoms with Crippen molar-refractivity contribution in [2.45, 2.75) is 47.6 Å². The van der Waals surface area contributed by atoms with E-state index in [0.717, 1.165) is 24.1 Å². The molecule has 1 amide bonds. The summed E-state index contributed by atoms with van der Waals surface area (Å²) < 4.78 is 0. The molecule has 31 heavy (non-hydrogen) atoms. The molecule has 0 aliphatic carbocycles. The Balaban J connectivity index is -0.000000598. The van der Waals surface area contributed by atoms with Crippen LogP contribution in [-0.2, 0) is 16.1 Å². The second kappa shape index (κ2) is 24.1. The molecule has 0 heterocycles. The fourth-order valence-corrected chi connectivity index (χ4v) is 2.24. The maximum Gasteiger partial charge on any atom is 0.212 e. The van der Waals surface area contributed by atoms with E-state index in [9.17, 15) is 9.59 Å². The third-order valence-corrected chi connectivity index (χ3v) is 3.74. The maximum atomic E-state index is 11.2. The summed E-state index contributed by atoms with van der Waals surface area (Å²) in [6, 6.07) is 7.93. The highest BCUT2D eigenvalue weighted by molar-refractivity contribution is 6.17. The average molecular weight is 457 g/mol. The first-order valence-electron chi connectivity index (χ1n) is 10.4. The Morgan fingerprint density at radius 3 is 2.03 bits per heavy atom. The van der Waals surface area contributed by atoms with Gasteiger partial charge in [0.05, 0.1) is 6.00 Å². The van der Waals surface area contributed by atoms with Crippen LogP contribution < -0.4 is 5.32 Å². The number of allylic oxidation sites excluding steroid dienone is 1. The van der Waals surface area contributed by atoms with Crippen molar-refractivity contribution in [2.24, 2.45) is 4.99 Å². The molecule has 2 N–H and O–H groups in total. The van der Waals surface area contributed by atoms with E-state index in [1.165, 1.54) is 0 Å². The highest BCUT2D eigenvalue weighted by Crippen LogP contribution is 2.14. The largest absolute Gasteiger partial charge is 0.396 e. The minimum absolute atomic E-state index is 0.0848. The quantitative estimate of drug-likeness (QED) is 0.174. The summed E-state index contributed by atoms with van der Waals surface area (Å²) in [6.45, 7) is 15.0. The van der Waals surface area contributed by atoms with Gasteiger partial charge in [-0.25, -0.2) is 4.99 Å². The number of amides is 1. The zero-order valence-electron chi connectivity index (χ0n) is 20.2. The number of aryl methyl sites for hydroxylation is 1. The first kappa shape index (κ1) is 33.4. The number of nitrogens with one attached hydrogen (secondary N) is 1. The number of hydrogen-bond acceptors (Lipinski definition) is 6. The second-order valence-electron chi connectivity index (χ2n) is 5.96. The first-order valence-corrected chi connectivity index (χ1v) is 10.9. The Hall–Kier alpha value is -2.22. The fourth-order valence-electron chi connectivity index (χ4n) is 2.03. The topological polar surface area (TPSA) is 85.2 Å². The molecule has 0 saturated heterocycles. The predicted molar refractivity (Wildman–Crippen MR) is 132 cm³/mol. The van der Waals surface area contributed by atoms with Crippen molar-refractivity contribution < 1.29 is 14.7 Å². The van der Waals surface area contributed by atoms with E-state index >= 15 is 0 Å². The normalized spacial score (nSPS) is 10.0. The Bertz CT molecular complexity index is 605. The van der Waals surface area contributed by atoms with Gasteiger partial charge in [0.2, 0.25) is 6.41 Å². The summed E-state index contributed by atoms with van der Waals surface area (Å²) in [5.41, 5.74) is 2.32. The van der Waals surface area contributed by atoms with Crippen molar-refractivity contribution in [3.8, 4) is 0 Å². The van der Waals surface area contributed by atoms with Crippen molar-refractivity contribution in [1.29, 1.82) is 0 Å². The van der Waals surface area contributed by atoms with E-state index in [2.05, 4.69) is 21.9 Å². The Kier molecular flexibility index (Phi) is 25.9. The van der Waals surface area contributed by atoms with Crippen molar-refractivity contribution in [3.05, 3.63) is 46.9 Å². The molecule has 0 aliphatic heterocycles. The number of alkyl halides is 1. The van der Waals surface area contributed by atoms with Gasteiger partial charge in [-0.1, -0.05) is 57.5 Å². The van der Waals surface area contributed by atoms with E-state index in [0.29, 0.717) is 25.8 Å². The molecule has 0 spiro atoms. The first-order chi connectivity index (χ1) is 14.9. The zero-order valence-corrected chi connectivity index (χ0v) is 20.9. The standard InChI is InChI=1S/C14H16ClN3O2.C5H13NO.2C2H6/c1-11-3-5-12(6-4-11)7-18(9-15)13(8-19)14(16-2)17-10-20;1-6(2)4-3-5-7;2*1-2/h3-6,8,10H,2,7,9H2,1H3,(H,17,20);7H,3-5H2,1-2H3;2*1-2H3/b14-13+;;;. The number of aliphatic imine (C=N–C) groups is 1. The molecule has 0 atom stereocenters. The molecule has 1 aromatic rings. The second-order valence-corrected chi connectivity index (χ2v) is 6.19. The Morgan fingerprint density at radius 2 is 1.71 bits per heavy atom. The molecule has 178 valence electrons. The number of halogens is 1. The summed E-state index contributed by atoms with van der Waals surface area (Å²) in [6.07, 6.45) is 1.91. The number of carbonyl (C=O) groups excluding carboxylic acids is 2. The summed E-state index contributed by atoms with van der Waals surface area (Å²) in [5, 5.41) is 10.6. The van der Waals surface area contributed by atoms with E-state index in [-0.39, 0.29) is 17.5 Å². The number of nitrogens with zero attached hydrogens (tertiary/aromatic N) is 3. The lowest BCUT2D eigenvalue weighted by molar-refractivity contribution is -0.109. The molecular weight excluding hydrogens is 416 g/mol. The molecule has 0 saturated carbocycles. The SMILES string of the molecule is C=N/C(NC=O)=C(/C=O)N(CCl)Cc1ccc(C)cc1.CC.CC.CN(C)CCCO. The molecule has 0 radical (unpaired) electrons. The third-order valence-electron chi connectivity index (χ3n) is 3.45. The fraction of sp³-hybridized carbons (Fsp3) is 0.522. The van der Waals surface area contributed by atoms with Gasteiger partial charge in [-0.3, -0.25) is 9.59 Å². The molecular formula is C23H41ClN4O3. The summed E-state index contributed by atoms with van der Waals surface area (Å²) in [4.78, 5) is 29.0. The van der Waals surface area contributed by atoms with Crippen LogP contribution >= 0.6 is 11.6 Å². The van der Waals surface area contributed by atoms with Crippen molar-refractivity contribution in [1.82, 2.24) is 15.1 Å². The van der Waals surface area contributed by atoms with Crippen LogP contribution in [0, 0.1) is 6.92 Å². The Morgan fingerprint density at radius 1 is 1.16 bits per heavy atom. The Labute approximate surface area is 193 Å². The molecule has 7 nitrogen and oxygen atoms in total. The van der Waals surface area contributed by atoms with Crippen LogP contribution in [0.25, 0.3) is 0 Å². The van der Waals surface area contributed by atoms with E-state index < -0.39 is 0 Å². The molecule has 0 aliphatic rings. The minimum Gasteiger partial charge on any atom is -0.396 e. The summed E-state index contributed by atoms with van der Waals surface area (Å²) in [7, 11) is 3.99. The van der Waals surface area contributed by atoms with Crippen LogP contribution in [0.2, 0.25) is 0 Å². The molecule has 0 bridgehead atoms. The van der Waals surface area contributed by atoms with Gasteiger partial charge < -0.3 is 20.2 Å². The highest BCUT2D eigenvalue weighted by atomic mass is 35.5. The molecule has 0 aromatic heterocycles. The van der Waals surface area contributed by atoms with Gasteiger partial charge in [-0.05, 0) is 46.3 Å². The van der Waals surface area contributed by atoms with Crippen LogP contribution in [-0.4, -0.2) is 67.6 Å². The minimum atomic E-state index is 0.0848. The number of benzene rings is 1. The summed E-state index contributed by atoms with van der Waals surface area (Å²) >= 11 is 5.88. The molecule has 0 unspecified atom stereocenters. The summed E-state index contributed by atoms with van der Waals surface area (Å²) in [5.74, 6) is 0.0859. The molecule has 1 rings (SSSR count). The molecule has 0 fully saturated rings. The highest BCUT2D eigenvalue weighted by Gasteiger charge is 2.13. The predicted octanol–water partition coefficient (Wildman–Crippen LogP) is 3.79. The van der Waals surface area contributed by atoms with Gasteiger partial charge in [0, 0.05) is 13.2 Å². The average Bonchev–Trinajstić information content (AvgIpc) is 2.81. The number of aliphatic hydroxyl groups excluding tert-OH is 1. The van der Waals surface area contributed by atoms with Gasteiger partial charge in [0.15, 0.2) is 12.1 Å². The smallest absolute Gasteiger partial charge is 0.212 e. The van der Waals surface area contributed by atoms with Gasteiger partial charge in [-0.2, -0.15) is 0 Å². The van der Waals surface area contributed by atoms with Gasteiger partial charge in [0.1, 0.15) is 5.70 Å². The zero-order chi connectivity index (χ0) is 24.7. The van der Waals surface area contributed by atoms with Crippen LogP contribution in [0.15, 0.2) is 40.8 Å². The number of rotatable bonds is 11. The van der Waals surface area contributed by atoms with Crippen molar-refractivity contribution >= 4 is 31.0 Å². The van der Waals surface area contributed by atoms with Crippen molar-refractivity contribution in [2.75, 3.05) is 33.3 Å². The maximum absolute atomic E-state index is 11.2. The van der Waals surface area contributed by atoms with E-state index in [4.69, 9.17) is 16.7 Å². The number of carbonyl (C=O) groups is 2. The number of aliphatic hydroxyl groups is 1. The third kappa shape index (κ3) is 17.2. The van der Waals surface area contributed by atoms with Gasteiger partial charge in [-0.15, -0.1) is 11.6 Å². The van der Waals surface area contributed by atoms with E-state index in [1.54, 1.807) is 4.90 Å². The monoisotopic (exact) mass is 456 g/mol. The van der Waals surface area contributed by atoms with E-state index in [1.807, 2.05) is 73.0 Å². The van der Waals surface area contributed by atoms with Crippen molar-refractivity contribution in [3.63, 3.8) is 0 Å². The van der Waals surface area contributed by atoms with Crippen LogP contribution in [0.4, 0.5) is 0 Å². The van der Waals surface area contributed by atoms with Crippen LogP contribution in [0.5, 0.6) is 0 Å². The number of aldehydes is 1. The number of hydrogen-bond donors (Lipinski definition) is 2. The lowest BCUT2D eigenvalue weighted by Crippen LogP contribution is -2.26.